The highest BCUT2D eigenvalue weighted by Crippen LogP contribution is 2.39. The summed E-state index contributed by atoms with van der Waals surface area (Å²) in [5.74, 6) is 1.40. The van der Waals surface area contributed by atoms with Crippen molar-refractivity contribution in [3.8, 4) is 5.88 Å². The summed E-state index contributed by atoms with van der Waals surface area (Å²) in [6.07, 6.45) is 4.66. The Bertz CT molecular complexity index is 590. The molecule has 1 N–H and O–H groups in total. The molecule has 8 heteroatoms. The molecule has 0 aliphatic carbocycles. The van der Waals surface area contributed by atoms with Crippen molar-refractivity contribution < 1.29 is 19.0 Å². The number of anilines is 1. The summed E-state index contributed by atoms with van der Waals surface area (Å²) in [4.78, 5) is 22.8. The third-order valence-electron chi connectivity index (χ3n) is 4.99. The molecule has 138 valence electrons. The van der Waals surface area contributed by atoms with E-state index in [0.29, 0.717) is 19.0 Å². The first kappa shape index (κ1) is 17.9. The van der Waals surface area contributed by atoms with Crippen LogP contribution in [0.25, 0.3) is 0 Å². The number of nitrogens with zero attached hydrogens (tertiary/aromatic N) is 3. The largest absolute Gasteiger partial charge is 0.481 e. The van der Waals surface area contributed by atoms with Crippen molar-refractivity contribution in [2.75, 3.05) is 45.4 Å². The Morgan fingerprint density at radius 3 is 2.88 bits per heavy atom. The van der Waals surface area contributed by atoms with Crippen LogP contribution in [0.15, 0.2) is 12.4 Å². The van der Waals surface area contributed by atoms with Crippen molar-refractivity contribution in [3.63, 3.8) is 0 Å². The van der Waals surface area contributed by atoms with Crippen LogP contribution in [-0.2, 0) is 14.3 Å². The summed E-state index contributed by atoms with van der Waals surface area (Å²) in [6, 6.07) is 1.85. The minimum absolute atomic E-state index is 0.0307. The fourth-order valence-electron chi connectivity index (χ4n) is 3.51. The highest BCUT2D eigenvalue weighted by Gasteiger charge is 2.44. The molecule has 2 saturated heterocycles. The number of amides is 1. The number of piperidine rings is 1. The minimum Gasteiger partial charge on any atom is -0.481 e. The van der Waals surface area contributed by atoms with Gasteiger partial charge in [0.05, 0.1) is 19.3 Å². The average molecular weight is 350 g/mol. The molecule has 0 bridgehead atoms. The Kier molecular flexibility index (Phi) is 5.70. The highest BCUT2D eigenvalue weighted by molar-refractivity contribution is 5.81. The van der Waals surface area contributed by atoms with Gasteiger partial charge in [0.25, 0.3) is 0 Å². The molecule has 0 aromatic carbocycles. The van der Waals surface area contributed by atoms with Crippen LogP contribution in [0.2, 0.25) is 0 Å². The second-order valence-electron chi connectivity index (χ2n) is 6.52. The smallest absolute Gasteiger partial charge is 0.249 e. The molecule has 1 amide bonds. The maximum Gasteiger partial charge on any atom is 0.249 e. The first-order valence-electron chi connectivity index (χ1n) is 8.71. The molecule has 8 nitrogen and oxygen atoms in total. The first-order chi connectivity index (χ1) is 12.2. The monoisotopic (exact) mass is 350 g/mol. The zero-order valence-electron chi connectivity index (χ0n) is 14.9. The zero-order valence-corrected chi connectivity index (χ0v) is 14.9. The van der Waals surface area contributed by atoms with Crippen molar-refractivity contribution in [3.05, 3.63) is 12.4 Å². The maximum atomic E-state index is 12.2. The van der Waals surface area contributed by atoms with Crippen LogP contribution in [0.5, 0.6) is 5.88 Å². The van der Waals surface area contributed by atoms with Gasteiger partial charge in [0.1, 0.15) is 18.2 Å². The van der Waals surface area contributed by atoms with Gasteiger partial charge < -0.3 is 24.4 Å². The lowest BCUT2D eigenvalue weighted by molar-refractivity contribution is -0.138. The van der Waals surface area contributed by atoms with Gasteiger partial charge in [0.2, 0.25) is 11.8 Å². The minimum atomic E-state index is -0.345. The van der Waals surface area contributed by atoms with Gasteiger partial charge in [-0.25, -0.2) is 9.97 Å². The van der Waals surface area contributed by atoms with Gasteiger partial charge in [-0.1, -0.05) is 0 Å². The fraction of sp³-hybridized carbons (Fsp3) is 0.706. The molecule has 1 aromatic rings. The van der Waals surface area contributed by atoms with E-state index in [1.807, 2.05) is 6.07 Å². The number of carbonyl (C=O) groups is 1. The summed E-state index contributed by atoms with van der Waals surface area (Å²) in [7, 11) is 3.22. The summed E-state index contributed by atoms with van der Waals surface area (Å²) >= 11 is 0. The number of nitrogens with one attached hydrogen (secondary N) is 1. The summed E-state index contributed by atoms with van der Waals surface area (Å²) in [6.45, 7) is 2.73. The van der Waals surface area contributed by atoms with Crippen molar-refractivity contribution >= 4 is 11.7 Å². The van der Waals surface area contributed by atoms with Crippen molar-refractivity contribution in [2.24, 2.45) is 0 Å². The lowest BCUT2D eigenvalue weighted by atomic mass is 9.88. The first-order valence-corrected chi connectivity index (χ1v) is 8.71. The molecular formula is C17H26N4O4. The summed E-state index contributed by atoms with van der Waals surface area (Å²) in [5.41, 5.74) is -0.184. The molecule has 1 spiro atoms. The van der Waals surface area contributed by atoms with E-state index in [2.05, 4.69) is 20.2 Å². The predicted octanol–water partition coefficient (Wildman–Crippen LogP) is 0.766. The van der Waals surface area contributed by atoms with Gasteiger partial charge in [0.15, 0.2) is 0 Å². The Morgan fingerprint density at radius 1 is 1.36 bits per heavy atom. The van der Waals surface area contributed by atoms with Crippen LogP contribution in [0.3, 0.4) is 0 Å². The van der Waals surface area contributed by atoms with Gasteiger partial charge in [0, 0.05) is 32.8 Å². The van der Waals surface area contributed by atoms with Gasteiger partial charge >= 0.3 is 0 Å². The van der Waals surface area contributed by atoms with Crippen LogP contribution in [0.4, 0.5) is 5.82 Å². The molecule has 2 aliphatic rings. The number of aromatic nitrogens is 2. The maximum absolute atomic E-state index is 12.2. The molecule has 2 fully saturated rings. The molecule has 1 atom stereocenters. The van der Waals surface area contributed by atoms with E-state index < -0.39 is 0 Å². The quantitative estimate of drug-likeness (QED) is 0.758. The number of methoxy groups -OCH3 is 2. The molecule has 3 heterocycles. The van der Waals surface area contributed by atoms with E-state index in [1.165, 1.54) is 6.33 Å². The second kappa shape index (κ2) is 7.97. The van der Waals surface area contributed by atoms with Crippen molar-refractivity contribution in [2.45, 2.75) is 37.4 Å². The van der Waals surface area contributed by atoms with Crippen LogP contribution in [0.1, 0.15) is 25.7 Å². The van der Waals surface area contributed by atoms with Gasteiger partial charge in [-0.3, -0.25) is 4.79 Å². The van der Waals surface area contributed by atoms with E-state index in [0.717, 1.165) is 44.6 Å². The number of hydrogen-bond donors (Lipinski definition) is 1. The van der Waals surface area contributed by atoms with Crippen molar-refractivity contribution in [1.82, 2.24) is 15.3 Å². The molecule has 2 aliphatic heterocycles. The SMILES string of the molecule is COCCNC(=O)[C@@H]1CCC2(CCN(c3cc(OC)ncn3)CC2)O1. The van der Waals surface area contributed by atoms with Crippen LogP contribution < -0.4 is 15.0 Å². The third-order valence-corrected chi connectivity index (χ3v) is 4.99. The topological polar surface area (TPSA) is 85.8 Å². The van der Waals surface area contributed by atoms with Crippen LogP contribution in [-0.4, -0.2) is 68.0 Å². The van der Waals surface area contributed by atoms with Gasteiger partial charge in [-0.2, -0.15) is 0 Å². The van der Waals surface area contributed by atoms with E-state index in [9.17, 15) is 4.79 Å². The van der Waals surface area contributed by atoms with Gasteiger partial charge in [-0.05, 0) is 25.7 Å². The van der Waals surface area contributed by atoms with Gasteiger partial charge in [-0.15, -0.1) is 0 Å². The van der Waals surface area contributed by atoms with E-state index in [4.69, 9.17) is 14.2 Å². The third kappa shape index (κ3) is 4.19. The lowest BCUT2D eigenvalue weighted by Crippen LogP contribution is -2.46. The molecular weight excluding hydrogens is 324 g/mol. The average Bonchev–Trinajstić information content (AvgIpc) is 3.06. The van der Waals surface area contributed by atoms with E-state index >= 15 is 0 Å². The predicted molar refractivity (Wildman–Crippen MR) is 91.8 cm³/mol. The molecule has 25 heavy (non-hydrogen) atoms. The summed E-state index contributed by atoms with van der Waals surface area (Å²) < 4.78 is 16.3. The summed E-state index contributed by atoms with van der Waals surface area (Å²) in [5, 5.41) is 2.86. The van der Waals surface area contributed by atoms with E-state index in [-0.39, 0.29) is 17.6 Å². The molecule has 1 aromatic heterocycles. The Labute approximate surface area is 147 Å². The normalized spacial score (nSPS) is 22.2. The number of carbonyl (C=O) groups excluding carboxylic acids is 1. The zero-order chi connectivity index (χ0) is 17.7. The number of ether oxygens (including phenoxy) is 3. The standard InChI is InChI=1S/C17H26N4O4/c1-23-10-7-18-16(22)13-3-4-17(25-13)5-8-21(9-6-17)14-11-15(24-2)20-12-19-14/h11-13H,3-10H2,1-2H3,(H,18,22)/t13-/m0/s1. The Hall–Kier alpha value is -1.93. The van der Waals surface area contributed by atoms with E-state index in [1.54, 1.807) is 14.2 Å². The number of rotatable bonds is 6. The lowest BCUT2D eigenvalue weighted by Gasteiger charge is -2.39. The van der Waals surface area contributed by atoms with Crippen LogP contribution >= 0.6 is 0 Å². The highest BCUT2D eigenvalue weighted by atomic mass is 16.5. The second-order valence-corrected chi connectivity index (χ2v) is 6.52. The molecule has 0 saturated carbocycles. The molecule has 3 rings (SSSR count). The molecule has 0 unspecified atom stereocenters. The Balaban J connectivity index is 1.52. The fourth-order valence-corrected chi connectivity index (χ4v) is 3.51. The number of hydrogen-bond acceptors (Lipinski definition) is 7. The van der Waals surface area contributed by atoms with Crippen LogP contribution in [0, 0.1) is 0 Å². The Morgan fingerprint density at radius 2 is 2.16 bits per heavy atom. The molecule has 0 radical (unpaired) electrons. The van der Waals surface area contributed by atoms with Crippen molar-refractivity contribution in [1.29, 1.82) is 0 Å².